The van der Waals surface area contributed by atoms with E-state index >= 15 is 0 Å². The second kappa shape index (κ2) is 5.93. The SMILES string of the molecule is C[Si](Cl)(Cl)CC(CCl)CCCl. The summed E-state index contributed by atoms with van der Waals surface area (Å²) in [6.07, 6.45) is 0.910. The Balaban J connectivity index is 3.68. The molecule has 0 spiro atoms. The Bertz CT molecular complexity index is 101. The van der Waals surface area contributed by atoms with Gasteiger partial charge in [0.2, 0.25) is 6.69 Å². The van der Waals surface area contributed by atoms with Crippen molar-refractivity contribution < 1.29 is 0 Å². The highest BCUT2D eigenvalue weighted by Crippen LogP contribution is 2.27. The van der Waals surface area contributed by atoms with Gasteiger partial charge >= 0.3 is 0 Å². The van der Waals surface area contributed by atoms with E-state index in [2.05, 4.69) is 0 Å². The summed E-state index contributed by atoms with van der Waals surface area (Å²) in [5.41, 5.74) is 0. The van der Waals surface area contributed by atoms with Crippen molar-refractivity contribution in [1.82, 2.24) is 0 Å². The van der Waals surface area contributed by atoms with E-state index in [1.807, 2.05) is 6.55 Å². The van der Waals surface area contributed by atoms with Gasteiger partial charge in [-0.1, -0.05) is 0 Å². The third-order valence-electron chi connectivity index (χ3n) is 1.38. The normalized spacial score (nSPS) is 15.0. The van der Waals surface area contributed by atoms with E-state index in [-0.39, 0.29) is 0 Å². The Morgan fingerprint density at radius 2 is 1.82 bits per heavy atom. The summed E-state index contributed by atoms with van der Waals surface area (Å²) in [7, 11) is 0. The molecule has 0 aromatic carbocycles. The van der Waals surface area contributed by atoms with Gasteiger partial charge in [0, 0.05) is 11.8 Å². The van der Waals surface area contributed by atoms with Crippen LogP contribution in [0.4, 0.5) is 0 Å². The molecule has 0 aliphatic carbocycles. The molecule has 0 bridgehead atoms. The monoisotopic (exact) mass is 252 g/mol. The van der Waals surface area contributed by atoms with Crippen LogP contribution in [0.1, 0.15) is 6.42 Å². The fourth-order valence-corrected chi connectivity index (χ4v) is 4.32. The summed E-state index contributed by atoms with van der Waals surface area (Å²) in [5.74, 6) is 1.63. The molecule has 5 heteroatoms. The molecule has 0 aromatic rings. The van der Waals surface area contributed by atoms with Crippen LogP contribution in [0.3, 0.4) is 0 Å². The summed E-state index contributed by atoms with van der Waals surface area (Å²) in [6.45, 7) is -0.0705. The molecular weight excluding hydrogens is 242 g/mol. The summed E-state index contributed by atoms with van der Waals surface area (Å²) in [6, 6.07) is 0.840. The first-order chi connectivity index (χ1) is 4.99. The Kier molecular flexibility index (Phi) is 6.67. The van der Waals surface area contributed by atoms with Crippen molar-refractivity contribution >= 4 is 52.1 Å². The number of hydrogen-bond donors (Lipinski definition) is 0. The van der Waals surface area contributed by atoms with Crippen molar-refractivity contribution in [3.63, 3.8) is 0 Å². The van der Waals surface area contributed by atoms with Crippen LogP contribution in [0.15, 0.2) is 0 Å². The lowest BCUT2D eigenvalue weighted by atomic mass is 10.1. The molecule has 1 unspecified atom stereocenters. The van der Waals surface area contributed by atoms with Gasteiger partial charge < -0.3 is 0 Å². The summed E-state index contributed by atoms with van der Waals surface area (Å²) < 4.78 is 0. The molecule has 0 rings (SSSR count). The highest BCUT2D eigenvalue weighted by atomic mass is 35.7. The minimum atomic E-state index is -1.98. The maximum Gasteiger partial charge on any atom is 0.248 e. The third kappa shape index (κ3) is 7.73. The summed E-state index contributed by atoms with van der Waals surface area (Å²) in [4.78, 5) is 0. The molecule has 0 radical (unpaired) electrons. The minimum Gasteiger partial charge on any atom is -0.146 e. The number of hydrogen-bond acceptors (Lipinski definition) is 0. The molecule has 0 heterocycles. The van der Waals surface area contributed by atoms with Crippen LogP contribution in [-0.4, -0.2) is 18.5 Å². The van der Waals surface area contributed by atoms with Gasteiger partial charge in [0.25, 0.3) is 0 Å². The lowest BCUT2D eigenvalue weighted by Gasteiger charge is -2.17. The first-order valence-electron chi connectivity index (χ1n) is 3.49. The molecule has 0 aliphatic rings. The van der Waals surface area contributed by atoms with Crippen LogP contribution in [0.2, 0.25) is 12.6 Å². The van der Waals surface area contributed by atoms with Gasteiger partial charge in [-0.3, -0.25) is 0 Å². The molecule has 0 saturated carbocycles. The first kappa shape index (κ1) is 12.4. The van der Waals surface area contributed by atoms with E-state index in [9.17, 15) is 0 Å². The molecule has 0 N–H and O–H groups in total. The largest absolute Gasteiger partial charge is 0.248 e. The Morgan fingerprint density at radius 1 is 1.27 bits per heavy atom. The number of alkyl halides is 2. The van der Waals surface area contributed by atoms with Gasteiger partial charge in [0.15, 0.2) is 0 Å². The highest BCUT2D eigenvalue weighted by Gasteiger charge is 2.25. The molecule has 68 valence electrons. The van der Waals surface area contributed by atoms with E-state index in [4.69, 9.17) is 45.4 Å². The summed E-state index contributed by atoms with van der Waals surface area (Å²) in [5, 5.41) is 0. The fourth-order valence-electron chi connectivity index (χ4n) is 0.895. The van der Waals surface area contributed by atoms with Crippen molar-refractivity contribution in [3.8, 4) is 0 Å². The van der Waals surface area contributed by atoms with Crippen LogP contribution in [0.5, 0.6) is 0 Å². The van der Waals surface area contributed by atoms with Gasteiger partial charge in [-0.05, 0) is 24.9 Å². The molecular formula is C6H12Cl4Si. The molecule has 11 heavy (non-hydrogen) atoms. The lowest BCUT2D eigenvalue weighted by Crippen LogP contribution is -2.19. The average molecular weight is 254 g/mol. The second-order valence-electron chi connectivity index (χ2n) is 2.77. The summed E-state index contributed by atoms with van der Waals surface area (Å²) >= 11 is 23.2. The van der Waals surface area contributed by atoms with Crippen molar-refractivity contribution in [3.05, 3.63) is 0 Å². The molecule has 0 nitrogen and oxygen atoms in total. The van der Waals surface area contributed by atoms with E-state index in [1.54, 1.807) is 0 Å². The average Bonchev–Trinajstić information content (AvgIpc) is 1.84. The van der Waals surface area contributed by atoms with Crippen LogP contribution >= 0.6 is 45.4 Å². The maximum atomic E-state index is 5.94. The molecule has 0 aromatic heterocycles. The molecule has 0 saturated heterocycles. The second-order valence-corrected chi connectivity index (χ2v) is 11.6. The lowest BCUT2D eigenvalue weighted by molar-refractivity contribution is 0.631. The zero-order chi connectivity index (χ0) is 8.91. The Hall–Kier alpha value is 1.38. The number of rotatable bonds is 5. The van der Waals surface area contributed by atoms with E-state index in [0.29, 0.717) is 17.7 Å². The Labute approximate surface area is 88.6 Å². The van der Waals surface area contributed by atoms with Crippen molar-refractivity contribution in [1.29, 1.82) is 0 Å². The quantitative estimate of drug-likeness (QED) is 0.395. The van der Waals surface area contributed by atoms with Crippen molar-refractivity contribution in [2.75, 3.05) is 11.8 Å². The van der Waals surface area contributed by atoms with Gasteiger partial charge in [-0.15, -0.1) is 45.4 Å². The molecule has 0 aliphatic heterocycles. The smallest absolute Gasteiger partial charge is 0.146 e. The predicted octanol–water partition coefficient (Wildman–Crippen LogP) is 4.02. The van der Waals surface area contributed by atoms with E-state index < -0.39 is 6.69 Å². The minimum absolute atomic E-state index is 0.390. The van der Waals surface area contributed by atoms with Crippen LogP contribution < -0.4 is 0 Å². The van der Waals surface area contributed by atoms with Crippen LogP contribution in [0.25, 0.3) is 0 Å². The van der Waals surface area contributed by atoms with Gasteiger partial charge in [0.05, 0.1) is 0 Å². The third-order valence-corrected chi connectivity index (χ3v) is 4.26. The topological polar surface area (TPSA) is 0 Å². The van der Waals surface area contributed by atoms with E-state index in [0.717, 1.165) is 12.5 Å². The fraction of sp³-hybridized carbons (Fsp3) is 1.00. The zero-order valence-electron chi connectivity index (χ0n) is 6.42. The molecule has 0 fully saturated rings. The van der Waals surface area contributed by atoms with Gasteiger partial charge in [-0.2, -0.15) is 0 Å². The molecule has 1 atom stereocenters. The zero-order valence-corrected chi connectivity index (χ0v) is 10.4. The van der Waals surface area contributed by atoms with Crippen LogP contribution in [0, 0.1) is 5.92 Å². The standard InChI is InChI=1S/C6H12Cl4Si/c1-11(9,10)5-6(4-8)2-3-7/h6H,2-5H2,1H3. The van der Waals surface area contributed by atoms with Gasteiger partial charge in [0.1, 0.15) is 0 Å². The van der Waals surface area contributed by atoms with Crippen molar-refractivity contribution in [2.45, 2.75) is 19.0 Å². The first-order valence-corrected chi connectivity index (χ1v) is 9.29. The maximum absolute atomic E-state index is 5.94. The number of halogens is 4. The predicted molar refractivity (Wildman–Crippen MR) is 57.7 cm³/mol. The Morgan fingerprint density at radius 3 is 2.09 bits per heavy atom. The van der Waals surface area contributed by atoms with E-state index in [1.165, 1.54) is 0 Å². The van der Waals surface area contributed by atoms with Crippen LogP contribution in [-0.2, 0) is 0 Å². The van der Waals surface area contributed by atoms with Gasteiger partial charge in [-0.25, -0.2) is 0 Å². The highest BCUT2D eigenvalue weighted by molar-refractivity contribution is 7.44. The van der Waals surface area contributed by atoms with Crippen molar-refractivity contribution in [2.24, 2.45) is 5.92 Å². The molecule has 0 amide bonds.